The summed E-state index contributed by atoms with van der Waals surface area (Å²) < 4.78 is 5.30. The minimum Gasteiger partial charge on any atom is -0.496 e. The van der Waals surface area contributed by atoms with E-state index in [4.69, 9.17) is 15.6 Å². The number of nitrogens with two attached hydrogens (primary N) is 1. The number of methoxy groups -OCH3 is 1. The molecule has 0 spiro atoms. The molecule has 1 aromatic carbocycles. The number of carbonyl (C=O) groups is 1. The van der Waals surface area contributed by atoms with E-state index in [0.717, 1.165) is 21.1 Å². The molecule has 0 saturated heterocycles. The molecule has 0 aliphatic heterocycles. The van der Waals surface area contributed by atoms with Gasteiger partial charge in [0.25, 0.3) is 0 Å². The SMILES string of the molecule is COc1cc(N)ccc1SCc1cc(C(=O)O)sc1C. The van der Waals surface area contributed by atoms with Crippen molar-refractivity contribution in [3.8, 4) is 5.75 Å². The molecule has 0 fully saturated rings. The van der Waals surface area contributed by atoms with Crippen LogP contribution in [0.4, 0.5) is 5.69 Å². The van der Waals surface area contributed by atoms with E-state index in [-0.39, 0.29) is 0 Å². The molecule has 6 heteroatoms. The van der Waals surface area contributed by atoms with Gasteiger partial charge in [0.15, 0.2) is 0 Å². The van der Waals surface area contributed by atoms with E-state index in [1.165, 1.54) is 11.3 Å². The van der Waals surface area contributed by atoms with Gasteiger partial charge in [-0.05, 0) is 30.7 Å². The van der Waals surface area contributed by atoms with Crippen LogP contribution in [-0.2, 0) is 5.75 Å². The van der Waals surface area contributed by atoms with Gasteiger partial charge >= 0.3 is 5.97 Å². The number of benzene rings is 1. The quantitative estimate of drug-likeness (QED) is 0.651. The van der Waals surface area contributed by atoms with Crippen molar-refractivity contribution < 1.29 is 14.6 Å². The lowest BCUT2D eigenvalue weighted by Gasteiger charge is -2.08. The average Bonchev–Trinajstić information content (AvgIpc) is 2.79. The number of nitrogen functional groups attached to an aromatic ring is 1. The van der Waals surface area contributed by atoms with Crippen LogP contribution < -0.4 is 10.5 Å². The van der Waals surface area contributed by atoms with Gasteiger partial charge in [-0.1, -0.05) is 0 Å². The minimum atomic E-state index is -0.876. The highest BCUT2D eigenvalue weighted by Gasteiger charge is 2.12. The van der Waals surface area contributed by atoms with E-state index in [2.05, 4.69) is 0 Å². The highest BCUT2D eigenvalue weighted by atomic mass is 32.2. The fourth-order valence-electron chi connectivity index (χ4n) is 1.73. The number of carboxylic acids is 1. The topological polar surface area (TPSA) is 72.5 Å². The summed E-state index contributed by atoms with van der Waals surface area (Å²) in [6.07, 6.45) is 0. The summed E-state index contributed by atoms with van der Waals surface area (Å²) in [6.45, 7) is 1.94. The molecular formula is C14H15NO3S2. The molecule has 2 rings (SSSR count). The van der Waals surface area contributed by atoms with Crippen molar-refractivity contribution in [3.05, 3.63) is 39.6 Å². The van der Waals surface area contributed by atoms with Crippen LogP contribution in [0.3, 0.4) is 0 Å². The molecule has 2 aromatic rings. The maximum atomic E-state index is 10.9. The zero-order chi connectivity index (χ0) is 14.7. The first-order chi connectivity index (χ1) is 9.51. The van der Waals surface area contributed by atoms with E-state index in [1.807, 2.05) is 19.1 Å². The zero-order valence-corrected chi connectivity index (χ0v) is 12.8. The molecule has 0 bridgehead atoms. The smallest absolute Gasteiger partial charge is 0.345 e. The number of anilines is 1. The Balaban J connectivity index is 2.14. The second-order valence-corrected chi connectivity index (χ2v) is 6.47. The van der Waals surface area contributed by atoms with Gasteiger partial charge in [0, 0.05) is 27.3 Å². The van der Waals surface area contributed by atoms with Crippen molar-refractivity contribution >= 4 is 34.8 Å². The molecule has 0 saturated carbocycles. The fraction of sp³-hybridized carbons (Fsp3) is 0.214. The third kappa shape index (κ3) is 3.26. The second kappa shape index (κ2) is 6.19. The molecular weight excluding hydrogens is 294 g/mol. The minimum absolute atomic E-state index is 0.377. The maximum absolute atomic E-state index is 10.9. The molecule has 1 heterocycles. The summed E-state index contributed by atoms with van der Waals surface area (Å²) in [4.78, 5) is 13.3. The van der Waals surface area contributed by atoms with E-state index < -0.39 is 5.97 Å². The molecule has 0 amide bonds. The average molecular weight is 309 g/mol. The summed E-state index contributed by atoms with van der Waals surface area (Å²) in [5.41, 5.74) is 7.41. The van der Waals surface area contributed by atoms with Gasteiger partial charge in [-0.3, -0.25) is 0 Å². The lowest BCUT2D eigenvalue weighted by Crippen LogP contribution is -1.91. The monoisotopic (exact) mass is 309 g/mol. The van der Waals surface area contributed by atoms with Crippen LogP contribution in [0.2, 0.25) is 0 Å². The van der Waals surface area contributed by atoms with Crippen LogP contribution in [0.1, 0.15) is 20.1 Å². The Morgan fingerprint density at radius 2 is 2.20 bits per heavy atom. The Bertz CT molecular complexity index is 637. The first-order valence-corrected chi connectivity index (χ1v) is 7.70. The van der Waals surface area contributed by atoms with Gasteiger partial charge in [-0.2, -0.15) is 0 Å². The van der Waals surface area contributed by atoms with Crippen LogP contribution in [0, 0.1) is 6.92 Å². The summed E-state index contributed by atoms with van der Waals surface area (Å²) in [6, 6.07) is 7.26. The lowest BCUT2D eigenvalue weighted by molar-refractivity contribution is 0.0702. The van der Waals surface area contributed by atoms with E-state index in [9.17, 15) is 4.79 Å². The summed E-state index contributed by atoms with van der Waals surface area (Å²) in [5, 5.41) is 8.99. The van der Waals surface area contributed by atoms with Crippen LogP contribution in [-0.4, -0.2) is 18.2 Å². The number of thioether (sulfide) groups is 1. The van der Waals surface area contributed by atoms with Crippen molar-refractivity contribution in [1.29, 1.82) is 0 Å². The molecule has 0 unspecified atom stereocenters. The van der Waals surface area contributed by atoms with E-state index in [1.54, 1.807) is 31.0 Å². The molecule has 0 atom stereocenters. The Kier molecular flexibility index (Phi) is 4.57. The number of hydrogen-bond acceptors (Lipinski definition) is 5. The van der Waals surface area contributed by atoms with Crippen molar-refractivity contribution in [2.75, 3.05) is 12.8 Å². The Labute approximate surface area is 125 Å². The second-order valence-electron chi connectivity index (χ2n) is 4.20. The van der Waals surface area contributed by atoms with Gasteiger partial charge in [0.1, 0.15) is 10.6 Å². The molecule has 20 heavy (non-hydrogen) atoms. The highest BCUT2D eigenvalue weighted by molar-refractivity contribution is 7.98. The molecule has 106 valence electrons. The van der Waals surface area contributed by atoms with Crippen molar-refractivity contribution in [2.24, 2.45) is 0 Å². The molecule has 3 N–H and O–H groups in total. The van der Waals surface area contributed by atoms with Crippen LogP contribution in [0.15, 0.2) is 29.2 Å². The Hall–Kier alpha value is -1.66. The van der Waals surface area contributed by atoms with Gasteiger partial charge in [0.05, 0.1) is 7.11 Å². The third-order valence-corrected chi connectivity index (χ3v) is 4.99. The van der Waals surface area contributed by atoms with Crippen molar-refractivity contribution in [1.82, 2.24) is 0 Å². The standard InChI is InChI=1S/C14H15NO3S2/c1-8-9(5-13(20-8)14(16)17)7-19-12-4-3-10(15)6-11(12)18-2/h3-6H,7,15H2,1-2H3,(H,16,17). The predicted molar refractivity (Wildman–Crippen MR) is 83.0 cm³/mol. The number of rotatable bonds is 5. The van der Waals surface area contributed by atoms with Crippen LogP contribution >= 0.6 is 23.1 Å². The maximum Gasteiger partial charge on any atom is 0.345 e. The number of aryl methyl sites for hydroxylation is 1. The van der Waals surface area contributed by atoms with E-state index >= 15 is 0 Å². The van der Waals surface area contributed by atoms with Crippen LogP contribution in [0.25, 0.3) is 0 Å². The number of carboxylic acid groups (broad SMARTS) is 1. The lowest BCUT2D eigenvalue weighted by atomic mass is 10.3. The van der Waals surface area contributed by atoms with Gasteiger partial charge < -0.3 is 15.6 Å². The number of ether oxygens (including phenoxy) is 1. The molecule has 4 nitrogen and oxygen atoms in total. The highest BCUT2D eigenvalue weighted by Crippen LogP contribution is 2.35. The van der Waals surface area contributed by atoms with Crippen molar-refractivity contribution in [2.45, 2.75) is 17.6 Å². The largest absolute Gasteiger partial charge is 0.496 e. The predicted octanol–water partition coefficient (Wildman–Crippen LogP) is 3.64. The van der Waals surface area contributed by atoms with E-state index in [0.29, 0.717) is 16.3 Å². The van der Waals surface area contributed by atoms with Gasteiger partial charge in [-0.15, -0.1) is 23.1 Å². The molecule has 0 aliphatic carbocycles. The van der Waals surface area contributed by atoms with Gasteiger partial charge in [0.2, 0.25) is 0 Å². The third-order valence-electron chi connectivity index (χ3n) is 2.80. The summed E-state index contributed by atoms with van der Waals surface area (Å²) in [5.74, 6) is 0.566. The Morgan fingerprint density at radius 1 is 1.45 bits per heavy atom. The Morgan fingerprint density at radius 3 is 2.80 bits per heavy atom. The first kappa shape index (κ1) is 14.7. The molecule has 1 aromatic heterocycles. The van der Waals surface area contributed by atoms with Gasteiger partial charge in [-0.25, -0.2) is 4.79 Å². The first-order valence-electron chi connectivity index (χ1n) is 5.90. The zero-order valence-electron chi connectivity index (χ0n) is 11.2. The molecule has 0 aliphatic rings. The number of hydrogen-bond donors (Lipinski definition) is 2. The summed E-state index contributed by atoms with van der Waals surface area (Å²) >= 11 is 2.91. The summed E-state index contributed by atoms with van der Waals surface area (Å²) in [7, 11) is 1.61. The normalized spacial score (nSPS) is 10.5. The van der Waals surface area contributed by atoms with Crippen LogP contribution in [0.5, 0.6) is 5.75 Å². The fourth-order valence-corrected chi connectivity index (χ4v) is 3.76. The molecule has 0 radical (unpaired) electrons. The number of aromatic carboxylic acids is 1. The number of thiophene rings is 1. The van der Waals surface area contributed by atoms with Crippen molar-refractivity contribution in [3.63, 3.8) is 0 Å².